The maximum atomic E-state index is 12.9. The van der Waals surface area contributed by atoms with Crippen molar-refractivity contribution in [3.63, 3.8) is 0 Å². The highest BCUT2D eigenvalue weighted by Gasteiger charge is 2.21. The fourth-order valence-electron chi connectivity index (χ4n) is 2.89. The zero-order valence-electron chi connectivity index (χ0n) is 17.2. The van der Waals surface area contributed by atoms with Crippen molar-refractivity contribution in [3.8, 4) is 0 Å². The molecule has 0 radical (unpaired) electrons. The van der Waals surface area contributed by atoms with Crippen LogP contribution in [0.2, 0.25) is 5.02 Å². The standard InChI is InChI=1S/C23H23ClN2O3S/c1-14-5-8-19(11-16(14)3)25-23(27)18-7-10-21(24)22(13-18)30(28,29)26-20-9-6-15(2)17(4)12-20/h5-13,26H,1-4H3,(H,25,27). The largest absolute Gasteiger partial charge is 0.322 e. The van der Waals surface area contributed by atoms with E-state index in [2.05, 4.69) is 10.0 Å². The van der Waals surface area contributed by atoms with Gasteiger partial charge in [-0.2, -0.15) is 0 Å². The summed E-state index contributed by atoms with van der Waals surface area (Å²) in [4.78, 5) is 12.5. The number of amides is 1. The molecule has 156 valence electrons. The van der Waals surface area contributed by atoms with Crippen LogP contribution >= 0.6 is 11.6 Å². The lowest BCUT2D eigenvalue weighted by Crippen LogP contribution is -2.16. The summed E-state index contributed by atoms with van der Waals surface area (Å²) in [5.74, 6) is -0.419. The van der Waals surface area contributed by atoms with Crippen molar-refractivity contribution in [2.45, 2.75) is 32.6 Å². The van der Waals surface area contributed by atoms with Crippen LogP contribution in [0, 0.1) is 27.7 Å². The lowest BCUT2D eigenvalue weighted by Gasteiger charge is -2.13. The molecule has 0 fully saturated rings. The number of rotatable bonds is 5. The van der Waals surface area contributed by atoms with Crippen LogP contribution < -0.4 is 10.0 Å². The molecule has 0 heterocycles. The average molecular weight is 443 g/mol. The number of carbonyl (C=O) groups excluding carboxylic acids is 1. The summed E-state index contributed by atoms with van der Waals surface area (Å²) in [5, 5.41) is 2.83. The Hall–Kier alpha value is -2.83. The quantitative estimate of drug-likeness (QED) is 0.537. The zero-order chi connectivity index (χ0) is 22.1. The summed E-state index contributed by atoms with van der Waals surface area (Å²) in [6.45, 7) is 7.79. The molecule has 3 aromatic carbocycles. The molecule has 2 N–H and O–H groups in total. The lowest BCUT2D eigenvalue weighted by atomic mass is 10.1. The summed E-state index contributed by atoms with van der Waals surface area (Å²) in [5.41, 5.74) is 5.44. The Morgan fingerprint density at radius 3 is 1.93 bits per heavy atom. The summed E-state index contributed by atoms with van der Waals surface area (Å²) in [6.07, 6.45) is 0. The molecule has 0 atom stereocenters. The third kappa shape index (κ3) is 4.83. The van der Waals surface area contributed by atoms with Crippen molar-refractivity contribution in [1.82, 2.24) is 0 Å². The Bertz CT molecular complexity index is 1240. The molecule has 1 amide bonds. The lowest BCUT2D eigenvalue weighted by molar-refractivity contribution is 0.102. The molecule has 0 saturated heterocycles. The number of halogens is 1. The van der Waals surface area contributed by atoms with Gasteiger partial charge < -0.3 is 5.32 Å². The molecule has 0 aromatic heterocycles. The Kier molecular flexibility index (Phi) is 6.19. The van der Waals surface area contributed by atoms with Crippen molar-refractivity contribution < 1.29 is 13.2 Å². The van der Waals surface area contributed by atoms with Gasteiger partial charge in [-0.3, -0.25) is 9.52 Å². The Morgan fingerprint density at radius 2 is 1.33 bits per heavy atom. The minimum atomic E-state index is -3.98. The van der Waals surface area contributed by atoms with E-state index in [0.29, 0.717) is 11.4 Å². The first-order valence-electron chi connectivity index (χ1n) is 9.35. The van der Waals surface area contributed by atoms with Crippen LogP contribution in [0.25, 0.3) is 0 Å². The van der Waals surface area contributed by atoms with Gasteiger partial charge in [-0.05, 0) is 92.4 Å². The minimum Gasteiger partial charge on any atom is -0.322 e. The first-order chi connectivity index (χ1) is 14.1. The molecule has 3 aromatic rings. The number of nitrogens with one attached hydrogen (secondary N) is 2. The van der Waals surface area contributed by atoms with Gasteiger partial charge in [-0.15, -0.1) is 0 Å². The zero-order valence-corrected chi connectivity index (χ0v) is 18.8. The highest BCUT2D eigenvalue weighted by molar-refractivity contribution is 7.92. The highest BCUT2D eigenvalue weighted by atomic mass is 35.5. The van der Waals surface area contributed by atoms with E-state index in [4.69, 9.17) is 11.6 Å². The summed E-state index contributed by atoms with van der Waals surface area (Å²) in [7, 11) is -3.98. The fraction of sp³-hybridized carbons (Fsp3) is 0.174. The van der Waals surface area contributed by atoms with Crippen LogP contribution in [-0.2, 0) is 10.0 Å². The Morgan fingerprint density at radius 1 is 0.767 bits per heavy atom. The molecular weight excluding hydrogens is 420 g/mol. The van der Waals surface area contributed by atoms with Crippen LogP contribution in [0.3, 0.4) is 0 Å². The molecule has 0 saturated carbocycles. The molecule has 0 bridgehead atoms. The van der Waals surface area contributed by atoms with E-state index in [1.165, 1.54) is 18.2 Å². The number of benzene rings is 3. The average Bonchev–Trinajstić information content (AvgIpc) is 2.67. The van der Waals surface area contributed by atoms with Crippen LogP contribution in [-0.4, -0.2) is 14.3 Å². The highest BCUT2D eigenvalue weighted by Crippen LogP contribution is 2.26. The second-order valence-corrected chi connectivity index (χ2v) is 9.36. The van der Waals surface area contributed by atoms with Crippen molar-refractivity contribution in [3.05, 3.63) is 87.4 Å². The van der Waals surface area contributed by atoms with E-state index in [0.717, 1.165) is 22.3 Å². The number of anilines is 2. The van der Waals surface area contributed by atoms with Crippen LogP contribution in [0.1, 0.15) is 32.6 Å². The van der Waals surface area contributed by atoms with Gasteiger partial charge in [0, 0.05) is 16.9 Å². The molecule has 30 heavy (non-hydrogen) atoms. The fourth-order valence-corrected chi connectivity index (χ4v) is 4.46. The second-order valence-electron chi connectivity index (χ2n) is 7.30. The molecule has 5 nitrogen and oxygen atoms in total. The first-order valence-corrected chi connectivity index (χ1v) is 11.2. The Balaban J connectivity index is 1.88. The van der Waals surface area contributed by atoms with E-state index in [9.17, 15) is 13.2 Å². The van der Waals surface area contributed by atoms with Gasteiger partial charge in [0.25, 0.3) is 15.9 Å². The van der Waals surface area contributed by atoms with Crippen molar-refractivity contribution in [1.29, 1.82) is 0 Å². The molecule has 0 unspecified atom stereocenters. The number of aryl methyl sites for hydroxylation is 4. The van der Waals surface area contributed by atoms with Gasteiger partial charge in [0.1, 0.15) is 4.90 Å². The van der Waals surface area contributed by atoms with E-state index in [1.54, 1.807) is 18.2 Å². The van der Waals surface area contributed by atoms with E-state index < -0.39 is 15.9 Å². The minimum absolute atomic E-state index is 0.0362. The van der Waals surface area contributed by atoms with Crippen LogP contribution in [0.4, 0.5) is 11.4 Å². The van der Waals surface area contributed by atoms with Gasteiger partial charge in [-0.1, -0.05) is 23.7 Å². The van der Waals surface area contributed by atoms with Crippen molar-refractivity contribution >= 4 is 38.9 Å². The molecule has 7 heteroatoms. The topological polar surface area (TPSA) is 75.3 Å². The third-order valence-electron chi connectivity index (χ3n) is 5.01. The van der Waals surface area contributed by atoms with Crippen molar-refractivity contribution in [2.75, 3.05) is 10.0 Å². The van der Waals surface area contributed by atoms with Gasteiger partial charge >= 0.3 is 0 Å². The van der Waals surface area contributed by atoms with Crippen LogP contribution in [0.15, 0.2) is 59.5 Å². The summed E-state index contributed by atoms with van der Waals surface area (Å²) < 4.78 is 28.3. The Labute approximate surface area is 182 Å². The third-order valence-corrected chi connectivity index (χ3v) is 6.87. The van der Waals surface area contributed by atoms with Gasteiger partial charge in [-0.25, -0.2) is 8.42 Å². The van der Waals surface area contributed by atoms with Crippen molar-refractivity contribution in [2.24, 2.45) is 0 Å². The van der Waals surface area contributed by atoms with Gasteiger partial charge in [0.05, 0.1) is 5.02 Å². The number of hydrogen-bond acceptors (Lipinski definition) is 3. The summed E-state index contributed by atoms with van der Waals surface area (Å²) >= 11 is 6.16. The van der Waals surface area contributed by atoms with Gasteiger partial charge in [0.15, 0.2) is 0 Å². The molecular formula is C23H23ClN2O3S. The number of hydrogen-bond donors (Lipinski definition) is 2. The second kappa shape index (κ2) is 8.50. The van der Waals surface area contributed by atoms with E-state index in [1.807, 2.05) is 45.9 Å². The smallest absolute Gasteiger partial charge is 0.263 e. The van der Waals surface area contributed by atoms with E-state index >= 15 is 0 Å². The maximum absolute atomic E-state index is 12.9. The van der Waals surface area contributed by atoms with Gasteiger partial charge in [0.2, 0.25) is 0 Å². The van der Waals surface area contributed by atoms with E-state index in [-0.39, 0.29) is 15.5 Å². The SMILES string of the molecule is Cc1ccc(NC(=O)c2ccc(Cl)c(S(=O)(=O)Nc3ccc(C)c(C)c3)c2)cc1C. The molecule has 0 aliphatic carbocycles. The first kappa shape index (κ1) is 21.9. The summed E-state index contributed by atoms with van der Waals surface area (Å²) in [6, 6.07) is 15.0. The predicted octanol–water partition coefficient (Wildman–Crippen LogP) is 5.63. The molecule has 3 rings (SSSR count). The number of carbonyl (C=O) groups is 1. The molecule has 0 spiro atoms. The molecule has 0 aliphatic rings. The predicted molar refractivity (Wildman–Crippen MR) is 122 cm³/mol. The van der Waals surface area contributed by atoms with Crippen LogP contribution in [0.5, 0.6) is 0 Å². The normalized spacial score (nSPS) is 11.2. The monoisotopic (exact) mass is 442 g/mol. The number of sulfonamides is 1. The maximum Gasteiger partial charge on any atom is 0.263 e. The molecule has 0 aliphatic heterocycles.